The number of aromatic nitrogens is 2. The van der Waals surface area contributed by atoms with E-state index in [1.807, 2.05) is 48.7 Å². The Labute approximate surface area is 220 Å². The molecule has 2 aromatic carbocycles. The number of hydrogen-bond acceptors (Lipinski definition) is 4. The Morgan fingerprint density at radius 2 is 1.81 bits per heavy atom. The Morgan fingerprint density at radius 1 is 1.00 bits per heavy atom. The van der Waals surface area contributed by atoms with Crippen molar-refractivity contribution in [3.05, 3.63) is 106 Å². The van der Waals surface area contributed by atoms with Crippen molar-refractivity contribution in [3.63, 3.8) is 0 Å². The second-order valence-electron chi connectivity index (χ2n) is 8.95. The zero-order valence-corrected chi connectivity index (χ0v) is 21.2. The number of halogens is 2. The minimum absolute atomic E-state index is 0.208. The lowest BCUT2D eigenvalue weighted by atomic mass is 9.86. The van der Waals surface area contributed by atoms with Crippen LogP contribution in [-0.2, 0) is 0 Å². The molecule has 5 rings (SSSR count). The van der Waals surface area contributed by atoms with E-state index >= 15 is 0 Å². The molecule has 0 bridgehead atoms. The number of benzene rings is 2. The van der Waals surface area contributed by atoms with E-state index in [4.69, 9.17) is 28.2 Å². The predicted molar refractivity (Wildman–Crippen MR) is 148 cm³/mol. The summed E-state index contributed by atoms with van der Waals surface area (Å²) in [4.78, 5) is 24.1. The number of amides is 1. The Balaban J connectivity index is 1.32. The first-order valence-electron chi connectivity index (χ1n) is 12.0. The van der Waals surface area contributed by atoms with Crippen LogP contribution in [-0.4, -0.2) is 40.4 Å². The standard InChI is InChI=1S/C29H26Cl2N4O/c30-24-8-5-20(6-9-24)3-2-16-35-17-12-21(13-18-35)27-25(10-7-22-4-1-14-33-28(22)27)34-29(36)23-11-15-32-26(31)19-23/h1-11,14-15,19,21H,12-13,16-18H2,(H,34,36)/b3-2+. The van der Waals surface area contributed by atoms with Gasteiger partial charge < -0.3 is 5.32 Å². The van der Waals surface area contributed by atoms with Crippen LogP contribution in [0.5, 0.6) is 0 Å². The van der Waals surface area contributed by atoms with E-state index in [1.165, 1.54) is 6.20 Å². The molecule has 0 saturated carbocycles. The molecule has 182 valence electrons. The van der Waals surface area contributed by atoms with Crippen molar-refractivity contribution >= 4 is 51.8 Å². The van der Waals surface area contributed by atoms with E-state index in [0.29, 0.717) is 16.6 Å². The van der Waals surface area contributed by atoms with Gasteiger partial charge in [0, 0.05) is 46.2 Å². The fraction of sp³-hybridized carbons (Fsp3) is 0.207. The summed E-state index contributed by atoms with van der Waals surface area (Å²) in [6.45, 7) is 2.86. The van der Waals surface area contributed by atoms with Crippen LogP contribution in [0.25, 0.3) is 17.0 Å². The van der Waals surface area contributed by atoms with Gasteiger partial charge in [-0.1, -0.05) is 59.6 Å². The lowest BCUT2D eigenvalue weighted by Crippen LogP contribution is -2.33. The van der Waals surface area contributed by atoms with Gasteiger partial charge in [0.15, 0.2) is 0 Å². The van der Waals surface area contributed by atoms with Gasteiger partial charge in [-0.05, 0) is 73.8 Å². The SMILES string of the molecule is O=C(Nc1ccc2cccnc2c1C1CCN(C/C=C/c2ccc(Cl)cc2)CC1)c1ccnc(Cl)c1. The van der Waals surface area contributed by atoms with Gasteiger partial charge in [0.2, 0.25) is 0 Å². The molecule has 1 fully saturated rings. The highest BCUT2D eigenvalue weighted by molar-refractivity contribution is 6.30. The van der Waals surface area contributed by atoms with Gasteiger partial charge >= 0.3 is 0 Å². The summed E-state index contributed by atoms with van der Waals surface area (Å²) in [7, 11) is 0. The summed E-state index contributed by atoms with van der Waals surface area (Å²) in [5, 5.41) is 5.23. The number of anilines is 1. The molecule has 0 atom stereocenters. The van der Waals surface area contributed by atoms with Gasteiger partial charge in [-0.15, -0.1) is 0 Å². The summed E-state index contributed by atoms with van der Waals surface area (Å²) in [5.74, 6) is 0.0945. The van der Waals surface area contributed by atoms with E-state index in [2.05, 4.69) is 33.4 Å². The molecule has 4 aromatic rings. The number of pyridine rings is 2. The molecule has 0 spiro atoms. The van der Waals surface area contributed by atoms with E-state index < -0.39 is 0 Å². The van der Waals surface area contributed by atoms with E-state index in [1.54, 1.807) is 12.1 Å². The van der Waals surface area contributed by atoms with Crippen LogP contribution in [0, 0.1) is 0 Å². The van der Waals surface area contributed by atoms with Crippen LogP contribution in [0.1, 0.15) is 40.2 Å². The number of likely N-dealkylation sites (tertiary alicyclic amines) is 1. The van der Waals surface area contributed by atoms with Crippen LogP contribution in [0.4, 0.5) is 5.69 Å². The molecular weight excluding hydrogens is 491 g/mol. The van der Waals surface area contributed by atoms with Crippen LogP contribution >= 0.6 is 23.2 Å². The highest BCUT2D eigenvalue weighted by Crippen LogP contribution is 2.37. The minimum atomic E-state index is -0.208. The van der Waals surface area contributed by atoms with Gasteiger partial charge in [-0.25, -0.2) is 4.98 Å². The summed E-state index contributed by atoms with van der Waals surface area (Å²) < 4.78 is 0. The van der Waals surface area contributed by atoms with E-state index in [9.17, 15) is 4.79 Å². The number of piperidine rings is 1. The maximum atomic E-state index is 13.0. The lowest BCUT2D eigenvalue weighted by Gasteiger charge is -2.32. The van der Waals surface area contributed by atoms with Gasteiger partial charge in [-0.2, -0.15) is 0 Å². The van der Waals surface area contributed by atoms with Gasteiger partial charge in [0.1, 0.15) is 5.15 Å². The Hall–Kier alpha value is -3.25. The summed E-state index contributed by atoms with van der Waals surface area (Å²) in [5.41, 5.74) is 4.48. The van der Waals surface area contributed by atoms with Crippen molar-refractivity contribution in [1.29, 1.82) is 0 Å². The first-order valence-corrected chi connectivity index (χ1v) is 12.8. The number of rotatable bonds is 6. The normalized spacial score (nSPS) is 14.9. The van der Waals surface area contributed by atoms with Crippen LogP contribution in [0.15, 0.2) is 79.1 Å². The molecule has 0 aliphatic carbocycles. The summed E-state index contributed by atoms with van der Waals surface area (Å²) >= 11 is 12.0. The smallest absolute Gasteiger partial charge is 0.255 e. The van der Waals surface area contributed by atoms with E-state index in [0.717, 1.165) is 65.2 Å². The minimum Gasteiger partial charge on any atom is -0.322 e. The average molecular weight is 517 g/mol. The lowest BCUT2D eigenvalue weighted by molar-refractivity contribution is 0.102. The summed E-state index contributed by atoms with van der Waals surface area (Å²) in [6.07, 6.45) is 9.68. The molecule has 0 radical (unpaired) electrons. The van der Waals surface area contributed by atoms with Gasteiger partial charge in [0.05, 0.1) is 5.52 Å². The third-order valence-electron chi connectivity index (χ3n) is 6.59. The molecule has 1 saturated heterocycles. The van der Waals surface area contributed by atoms with Crippen LogP contribution < -0.4 is 5.32 Å². The molecule has 2 aromatic heterocycles. The number of nitrogens with one attached hydrogen (secondary N) is 1. The Kier molecular flexibility index (Phi) is 7.61. The molecule has 1 amide bonds. The molecule has 1 aliphatic rings. The van der Waals surface area contributed by atoms with Crippen molar-refractivity contribution in [2.75, 3.05) is 25.0 Å². The Morgan fingerprint density at radius 3 is 2.58 bits per heavy atom. The molecule has 1 aliphatic heterocycles. The predicted octanol–water partition coefficient (Wildman–Crippen LogP) is 7.08. The number of hydrogen-bond donors (Lipinski definition) is 1. The van der Waals surface area contributed by atoms with Crippen LogP contribution in [0.3, 0.4) is 0 Å². The number of carbonyl (C=O) groups excluding carboxylic acids is 1. The largest absolute Gasteiger partial charge is 0.322 e. The molecular formula is C29H26Cl2N4O. The second-order valence-corrected chi connectivity index (χ2v) is 9.78. The fourth-order valence-electron chi connectivity index (χ4n) is 4.74. The highest BCUT2D eigenvalue weighted by Gasteiger charge is 2.25. The third-order valence-corrected chi connectivity index (χ3v) is 7.05. The molecule has 5 nitrogen and oxygen atoms in total. The topological polar surface area (TPSA) is 58.1 Å². The first-order chi connectivity index (χ1) is 17.6. The zero-order chi connectivity index (χ0) is 24.9. The van der Waals surface area contributed by atoms with Crippen molar-refractivity contribution in [2.24, 2.45) is 0 Å². The van der Waals surface area contributed by atoms with Gasteiger partial charge in [-0.3, -0.25) is 14.7 Å². The molecule has 0 unspecified atom stereocenters. The first kappa shape index (κ1) is 24.4. The number of fused-ring (bicyclic) bond motifs is 1. The monoisotopic (exact) mass is 516 g/mol. The maximum Gasteiger partial charge on any atom is 0.255 e. The quantitative estimate of drug-likeness (QED) is 0.278. The van der Waals surface area contributed by atoms with Crippen molar-refractivity contribution < 1.29 is 4.79 Å². The van der Waals surface area contributed by atoms with Crippen molar-refractivity contribution in [3.8, 4) is 0 Å². The number of nitrogens with zero attached hydrogens (tertiary/aromatic N) is 3. The highest BCUT2D eigenvalue weighted by atomic mass is 35.5. The van der Waals surface area contributed by atoms with Crippen LogP contribution in [0.2, 0.25) is 10.2 Å². The Bertz CT molecular complexity index is 1400. The molecule has 36 heavy (non-hydrogen) atoms. The van der Waals surface area contributed by atoms with E-state index in [-0.39, 0.29) is 5.91 Å². The molecule has 3 heterocycles. The fourth-order valence-corrected chi connectivity index (χ4v) is 5.04. The number of carbonyl (C=O) groups is 1. The zero-order valence-electron chi connectivity index (χ0n) is 19.7. The van der Waals surface area contributed by atoms with Gasteiger partial charge in [0.25, 0.3) is 5.91 Å². The average Bonchev–Trinajstić information content (AvgIpc) is 2.90. The summed E-state index contributed by atoms with van der Waals surface area (Å²) in [6, 6.07) is 19.1. The van der Waals surface area contributed by atoms with Crippen molar-refractivity contribution in [1.82, 2.24) is 14.9 Å². The second kappa shape index (κ2) is 11.2. The molecule has 1 N–H and O–H groups in total. The van der Waals surface area contributed by atoms with Crippen molar-refractivity contribution in [2.45, 2.75) is 18.8 Å². The molecule has 7 heteroatoms. The maximum absolute atomic E-state index is 13.0. The third kappa shape index (κ3) is 5.76.